The maximum Gasteiger partial charge on any atom is 0.158 e. The lowest BCUT2D eigenvalue weighted by atomic mass is 10.1. The first kappa shape index (κ1) is 13.7. The number of pyridine rings is 1. The van der Waals surface area contributed by atoms with E-state index >= 15 is 0 Å². The van der Waals surface area contributed by atoms with Gasteiger partial charge in [-0.2, -0.15) is 5.10 Å². The quantitative estimate of drug-likeness (QED) is 0.800. The van der Waals surface area contributed by atoms with Gasteiger partial charge in [-0.15, -0.1) is 0 Å². The third-order valence-corrected chi connectivity index (χ3v) is 3.11. The smallest absolute Gasteiger partial charge is 0.158 e. The molecule has 5 heteroatoms. The van der Waals surface area contributed by atoms with E-state index in [9.17, 15) is 0 Å². The van der Waals surface area contributed by atoms with Gasteiger partial charge in [0.1, 0.15) is 6.61 Å². The van der Waals surface area contributed by atoms with Crippen molar-refractivity contribution < 1.29 is 4.74 Å². The number of rotatable bonds is 6. The van der Waals surface area contributed by atoms with Crippen molar-refractivity contribution in [3.8, 4) is 5.69 Å². The van der Waals surface area contributed by atoms with Crippen molar-refractivity contribution in [2.45, 2.75) is 33.3 Å². The number of nitrogens with zero attached hydrogens (tertiary/aromatic N) is 4. The predicted molar refractivity (Wildman–Crippen MR) is 73.0 cm³/mol. The summed E-state index contributed by atoms with van der Waals surface area (Å²) in [6.45, 7) is 4.84. The van der Waals surface area contributed by atoms with Crippen molar-refractivity contribution >= 4 is 0 Å². The zero-order valence-electron chi connectivity index (χ0n) is 11.7. The summed E-state index contributed by atoms with van der Waals surface area (Å²) in [5, 5.41) is 4.57. The molecule has 0 saturated carbocycles. The highest BCUT2D eigenvalue weighted by Crippen LogP contribution is 2.13. The van der Waals surface area contributed by atoms with Crippen LogP contribution in [0.2, 0.25) is 0 Å². The van der Waals surface area contributed by atoms with Crippen LogP contribution in [0.15, 0.2) is 24.5 Å². The van der Waals surface area contributed by atoms with Crippen molar-refractivity contribution in [2.24, 2.45) is 5.92 Å². The third-order valence-electron chi connectivity index (χ3n) is 3.11. The summed E-state index contributed by atoms with van der Waals surface area (Å²) in [5.74, 6) is 2.26. The first-order valence-corrected chi connectivity index (χ1v) is 6.58. The Morgan fingerprint density at radius 1 is 1.42 bits per heavy atom. The van der Waals surface area contributed by atoms with E-state index in [2.05, 4.69) is 28.9 Å². The molecule has 0 amide bonds. The number of ether oxygens (including phenoxy) is 1. The van der Waals surface area contributed by atoms with Crippen LogP contribution in [0.1, 0.15) is 31.9 Å². The van der Waals surface area contributed by atoms with E-state index in [1.54, 1.807) is 19.5 Å². The van der Waals surface area contributed by atoms with E-state index in [1.807, 2.05) is 16.8 Å². The van der Waals surface area contributed by atoms with Gasteiger partial charge in [-0.1, -0.05) is 20.3 Å². The van der Waals surface area contributed by atoms with E-state index in [0.717, 1.165) is 30.2 Å². The maximum atomic E-state index is 5.19. The predicted octanol–water partition coefficient (Wildman–Crippen LogP) is 2.40. The Labute approximate surface area is 113 Å². The van der Waals surface area contributed by atoms with Crippen molar-refractivity contribution in [1.82, 2.24) is 19.7 Å². The van der Waals surface area contributed by atoms with Crippen LogP contribution in [-0.2, 0) is 17.8 Å². The minimum atomic E-state index is 0.447. The fourth-order valence-corrected chi connectivity index (χ4v) is 1.84. The van der Waals surface area contributed by atoms with Gasteiger partial charge >= 0.3 is 0 Å². The molecule has 0 aromatic carbocycles. The SMILES string of the molecule is CC[C@@H](C)Cc1nc(COC)n(-c2cccnc2)n1. The second-order valence-electron chi connectivity index (χ2n) is 4.72. The van der Waals surface area contributed by atoms with Gasteiger partial charge in [-0.05, 0) is 18.1 Å². The largest absolute Gasteiger partial charge is 0.377 e. The Morgan fingerprint density at radius 3 is 2.89 bits per heavy atom. The van der Waals surface area contributed by atoms with Crippen LogP contribution in [-0.4, -0.2) is 26.9 Å². The van der Waals surface area contributed by atoms with Gasteiger partial charge in [0.05, 0.1) is 11.9 Å². The molecule has 2 rings (SSSR count). The lowest BCUT2D eigenvalue weighted by molar-refractivity contribution is 0.176. The highest BCUT2D eigenvalue weighted by atomic mass is 16.5. The van der Waals surface area contributed by atoms with Crippen LogP contribution in [0, 0.1) is 5.92 Å². The van der Waals surface area contributed by atoms with Gasteiger partial charge in [0.2, 0.25) is 0 Å². The van der Waals surface area contributed by atoms with Crippen molar-refractivity contribution in [3.63, 3.8) is 0 Å². The van der Waals surface area contributed by atoms with Crippen LogP contribution in [0.3, 0.4) is 0 Å². The normalized spacial score (nSPS) is 12.6. The molecule has 2 heterocycles. The van der Waals surface area contributed by atoms with Crippen molar-refractivity contribution in [3.05, 3.63) is 36.2 Å². The highest BCUT2D eigenvalue weighted by Gasteiger charge is 2.13. The summed E-state index contributed by atoms with van der Waals surface area (Å²) in [6.07, 6.45) is 5.54. The molecule has 0 N–H and O–H groups in total. The maximum absolute atomic E-state index is 5.19. The van der Waals surface area contributed by atoms with Crippen LogP contribution >= 0.6 is 0 Å². The van der Waals surface area contributed by atoms with Gasteiger partial charge < -0.3 is 4.74 Å². The molecule has 0 bridgehead atoms. The molecule has 2 aromatic rings. The molecule has 0 aliphatic heterocycles. The second kappa shape index (κ2) is 6.43. The van der Waals surface area contributed by atoms with E-state index < -0.39 is 0 Å². The number of methoxy groups -OCH3 is 1. The Balaban J connectivity index is 2.30. The van der Waals surface area contributed by atoms with Gasteiger partial charge in [0.25, 0.3) is 0 Å². The minimum Gasteiger partial charge on any atom is -0.377 e. The molecule has 5 nitrogen and oxygen atoms in total. The van der Waals surface area contributed by atoms with Gasteiger partial charge in [-0.3, -0.25) is 4.98 Å². The second-order valence-corrected chi connectivity index (χ2v) is 4.72. The Bertz CT molecular complexity index is 509. The number of hydrogen-bond acceptors (Lipinski definition) is 4. The standard InChI is InChI=1S/C14H20N4O/c1-4-11(2)8-13-16-14(10-19-3)18(17-13)12-6-5-7-15-9-12/h5-7,9,11H,4,8,10H2,1-3H3/t11-/m1/s1. The first-order chi connectivity index (χ1) is 9.24. The summed E-state index contributed by atoms with van der Waals surface area (Å²) in [6, 6.07) is 3.86. The summed E-state index contributed by atoms with van der Waals surface area (Å²) in [5.41, 5.74) is 0.914. The molecule has 0 unspecified atom stereocenters. The summed E-state index contributed by atoms with van der Waals surface area (Å²) < 4.78 is 7.00. The third kappa shape index (κ3) is 3.38. The van der Waals surface area contributed by atoms with Crippen LogP contribution in [0.5, 0.6) is 0 Å². The number of aromatic nitrogens is 4. The average Bonchev–Trinajstić information content (AvgIpc) is 2.83. The van der Waals surface area contributed by atoms with Gasteiger partial charge in [0, 0.05) is 19.7 Å². The Hall–Kier alpha value is -1.75. The van der Waals surface area contributed by atoms with E-state index in [0.29, 0.717) is 12.5 Å². The average molecular weight is 260 g/mol. The van der Waals surface area contributed by atoms with E-state index in [4.69, 9.17) is 4.74 Å². The van der Waals surface area contributed by atoms with Crippen molar-refractivity contribution in [1.29, 1.82) is 0 Å². The zero-order chi connectivity index (χ0) is 13.7. The molecular weight excluding hydrogens is 240 g/mol. The van der Waals surface area contributed by atoms with Gasteiger partial charge in [0.15, 0.2) is 11.6 Å². The molecule has 0 fully saturated rings. The monoisotopic (exact) mass is 260 g/mol. The summed E-state index contributed by atoms with van der Waals surface area (Å²) in [4.78, 5) is 8.68. The van der Waals surface area contributed by atoms with Crippen LogP contribution < -0.4 is 0 Å². The Kier molecular flexibility index (Phi) is 4.63. The zero-order valence-corrected chi connectivity index (χ0v) is 11.7. The molecule has 19 heavy (non-hydrogen) atoms. The van der Waals surface area contributed by atoms with E-state index in [1.165, 1.54) is 0 Å². The number of hydrogen-bond donors (Lipinski definition) is 0. The lowest BCUT2D eigenvalue weighted by Crippen LogP contribution is -2.04. The summed E-state index contributed by atoms with van der Waals surface area (Å²) in [7, 11) is 1.66. The molecule has 0 spiro atoms. The molecular formula is C14H20N4O. The van der Waals surface area contributed by atoms with Gasteiger partial charge in [-0.25, -0.2) is 9.67 Å². The molecule has 1 atom stereocenters. The minimum absolute atomic E-state index is 0.447. The van der Waals surface area contributed by atoms with Crippen LogP contribution in [0.4, 0.5) is 0 Å². The van der Waals surface area contributed by atoms with Crippen molar-refractivity contribution in [2.75, 3.05) is 7.11 Å². The fraction of sp³-hybridized carbons (Fsp3) is 0.500. The van der Waals surface area contributed by atoms with E-state index in [-0.39, 0.29) is 0 Å². The topological polar surface area (TPSA) is 52.8 Å². The molecule has 0 saturated heterocycles. The van der Waals surface area contributed by atoms with Crippen LogP contribution in [0.25, 0.3) is 5.69 Å². The molecule has 0 aliphatic rings. The fourth-order valence-electron chi connectivity index (χ4n) is 1.84. The highest BCUT2D eigenvalue weighted by molar-refractivity contribution is 5.27. The Morgan fingerprint density at radius 2 is 2.26 bits per heavy atom. The summed E-state index contributed by atoms with van der Waals surface area (Å²) >= 11 is 0. The molecule has 0 aliphatic carbocycles. The molecule has 102 valence electrons. The lowest BCUT2D eigenvalue weighted by Gasteiger charge is -2.04. The molecule has 0 radical (unpaired) electrons. The first-order valence-electron chi connectivity index (χ1n) is 6.58. The molecule has 2 aromatic heterocycles.